The SMILES string of the molecule is Cc1cc(C)cc(-n2c3ccccc3c3cc(N(c4ccc(-c5ccc6c7c8c(ccc7n(-c7cc(-c9ccccn9)nc(-c9cccc(-c%10ccccn%10)c9)n7)c6c5)oc5cc6c7ccccc7c7ccccc7c6cc58)cc4)c4cc(-c5ccccc5)cc(-c5ccccc5)c4)ccc32)c1. The molecule has 0 unspecified atom stereocenters. The van der Waals surface area contributed by atoms with E-state index in [2.05, 4.69) is 313 Å². The van der Waals surface area contributed by atoms with Gasteiger partial charge in [0.15, 0.2) is 5.82 Å². The van der Waals surface area contributed by atoms with E-state index in [0.717, 1.165) is 139 Å². The Morgan fingerprint density at radius 3 is 1.54 bits per heavy atom. The molecular formula is C94H61N7O. The summed E-state index contributed by atoms with van der Waals surface area (Å²) >= 11 is 0. The minimum Gasteiger partial charge on any atom is -0.456 e. The third-order valence-electron chi connectivity index (χ3n) is 20.4. The van der Waals surface area contributed by atoms with Gasteiger partial charge in [-0.2, -0.15) is 0 Å². The Kier molecular flexibility index (Phi) is 13.5. The van der Waals surface area contributed by atoms with Gasteiger partial charge in [0.05, 0.1) is 39.1 Å². The van der Waals surface area contributed by atoms with E-state index in [1.54, 1.807) is 0 Å². The number of rotatable bonds is 11. The van der Waals surface area contributed by atoms with Gasteiger partial charge in [0, 0.05) is 84.7 Å². The summed E-state index contributed by atoms with van der Waals surface area (Å²) in [5.74, 6) is 1.26. The highest BCUT2D eigenvalue weighted by Crippen LogP contribution is 2.48. The summed E-state index contributed by atoms with van der Waals surface area (Å²) in [6, 6.07) is 116. The second-order valence-electron chi connectivity index (χ2n) is 26.7. The summed E-state index contributed by atoms with van der Waals surface area (Å²) in [6.07, 6.45) is 3.65. The maximum Gasteiger partial charge on any atom is 0.162 e. The minimum atomic E-state index is 0.564. The van der Waals surface area contributed by atoms with E-state index in [-0.39, 0.29) is 0 Å². The number of pyridine rings is 2. The standard InChI is InChI=1S/C94H61N7O/c1-58-46-59(2)48-70(47-58)100-85-33-14-13-30-76(85)80-54-69(39-41-86(80)100)99(71-51-66(60-20-5-3-6-21-60)50-67(52-71)61-22-7-4-8-23-61)68-37-34-62(35-38-68)63-36-40-77-88(53-63)101(91-57-84(83-32-16-18-45-96-83)97-94(98-91)65-25-19-24-64(49-65)82-31-15-17-44-95-82)87-42-43-89-93(92(77)87)81-55-78-74-28-11-9-26-72(74)73-27-10-12-29-75(73)79(78)56-90(81)102-89/h3-57H,1-2H3. The van der Waals surface area contributed by atoms with E-state index in [0.29, 0.717) is 17.3 Å². The quantitative estimate of drug-likeness (QED) is 0.120. The van der Waals surface area contributed by atoms with Crippen molar-refractivity contribution in [1.29, 1.82) is 0 Å². The summed E-state index contributed by atoms with van der Waals surface area (Å²) in [5.41, 5.74) is 23.4. The van der Waals surface area contributed by atoms with E-state index in [1.807, 2.05) is 48.8 Å². The monoisotopic (exact) mass is 1300 g/mol. The van der Waals surface area contributed by atoms with Gasteiger partial charge in [0.25, 0.3) is 0 Å². The lowest BCUT2D eigenvalue weighted by Gasteiger charge is -2.27. The summed E-state index contributed by atoms with van der Waals surface area (Å²) in [6.45, 7) is 4.36. The van der Waals surface area contributed by atoms with Gasteiger partial charge >= 0.3 is 0 Å². The zero-order chi connectivity index (χ0) is 67.5. The highest BCUT2D eigenvalue weighted by molar-refractivity contribution is 6.32. The maximum atomic E-state index is 7.05. The Hall–Kier alpha value is -13.6. The predicted octanol–water partition coefficient (Wildman–Crippen LogP) is 24.9. The zero-order valence-corrected chi connectivity index (χ0v) is 55.8. The number of hydrogen-bond acceptors (Lipinski definition) is 6. The van der Waals surface area contributed by atoms with Crippen LogP contribution >= 0.6 is 0 Å². The van der Waals surface area contributed by atoms with E-state index in [1.165, 1.54) is 48.8 Å². The summed E-state index contributed by atoms with van der Waals surface area (Å²) in [5, 5.41) is 13.8. The first-order valence-electron chi connectivity index (χ1n) is 34.6. The fraction of sp³-hybridized carbons (Fsp3) is 0.0213. The van der Waals surface area contributed by atoms with Crippen LogP contribution in [0, 0.1) is 13.8 Å². The van der Waals surface area contributed by atoms with Gasteiger partial charge in [-0.3, -0.25) is 14.5 Å². The molecule has 0 radical (unpaired) electrons. The van der Waals surface area contributed by atoms with Crippen LogP contribution < -0.4 is 4.90 Å². The van der Waals surface area contributed by atoms with Gasteiger partial charge in [0.2, 0.25) is 0 Å². The molecule has 0 saturated heterocycles. The van der Waals surface area contributed by atoms with Crippen LogP contribution in [0.15, 0.2) is 338 Å². The van der Waals surface area contributed by atoms with E-state index < -0.39 is 0 Å². The first-order chi connectivity index (χ1) is 50.3. The van der Waals surface area contributed by atoms with Crippen molar-refractivity contribution < 1.29 is 4.42 Å². The van der Waals surface area contributed by atoms with E-state index in [4.69, 9.17) is 24.4 Å². The number of aromatic nitrogens is 6. The third kappa shape index (κ3) is 9.75. The molecule has 0 spiro atoms. The maximum absolute atomic E-state index is 7.05. The van der Waals surface area contributed by atoms with Crippen LogP contribution in [0.2, 0.25) is 0 Å². The Morgan fingerprint density at radius 1 is 0.275 bits per heavy atom. The molecule has 8 heteroatoms. The predicted molar refractivity (Wildman–Crippen MR) is 423 cm³/mol. The molecule has 0 aliphatic rings. The van der Waals surface area contributed by atoms with Crippen LogP contribution in [0.1, 0.15) is 11.1 Å². The Morgan fingerprint density at radius 2 is 0.843 bits per heavy atom. The van der Waals surface area contributed by atoms with Gasteiger partial charge in [-0.15, -0.1) is 0 Å². The second kappa shape index (κ2) is 23.6. The molecule has 20 rings (SSSR count). The Balaban J connectivity index is 0.806. The van der Waals surface area contributed by atoms with Crippen LogP contribution in [0.5, 0.6) is 0 Å². The molecule has 0 bridgehead atoms. The van der Waals surface area contributed by atoms with Crippen LogP contribution in [-0.4, -0.2) is 29.1 Å². The highest BCUT2D eigenvalue weighted by Gasteiger charge is 2.25. The minimum absolute atomic E-state index is 0.564. The molecule has 478 valence electrons. The lowest BCUT2D eigenvalue weighted by Crippen LogP contribution is -2.10. The van der Waals surface area contributed by atoms with Gasteiger partial charge in [-0.05, 0) is 218 Å². The fourth-order valence-electron chi connectivity index (χ4n) is 15.9. The Labute approximate surface area is 587 Å². The average molecular weight is 1300 g/mol. The number of nitrogens with zero attached hydrogens (tertiary/aromatic N) is 7. The van der Waals surface area contributed by atoms with E-state index >= 15 is 0 Å². The summed E-state index contributed by atoms with van der Waals surface area (Å²) < 4.78 is 11.8. The largest absolute Gasteiger partial charge is 0.456 e. The molecule has 6 aromatic heterocycles. The first-order valence-corrected chi connectivity index (χ1v) is 34.6. The lowest BCUT2D eigenvalue weighted by atomic mass is 9.93. The fourth-order valence-corrected chi connectivity index (χ4v) is 15.9. The molecule has 14 aromatic carbocycles. The number of hydrogen-bond donors (Lipinski definition) is 0. The molecule has 0 aliphatic heterocycles. The molecule has 0 aliphatic carbocycles. The molecule has 0 atom stereocenters. The molecule has 6 heterocycles. The Bertz CT molecular complexity index is 6680. The number of fused-ring (bicyclic) bond motifs is 16. The lowest BCUT2D eigenvalue weighted by molar-refractivity contribution is 0.670. The number of aryl methyl sites for hydroxylation is 2. The second-order valence-corrected chi connectivity index (χ2v) is 26.7. The molecule has 102 heavy (non-hydrogen) atoms. The van der Waals surface area contributed by atoms with Crippen molar-refractivity contribution in [3.05, 3.63) is 345 Å². The van der Waals surface area contributed by atoms with Crippen molar-refractivity contribution in [2.45, 2.75) is 13.8 Å². The molecule has 0 saturated carbocycles. The van der Waals surface area contributed by atoms with E-state index in [9.17, 15) is 0 Å². The summed E-state index contributed by atoms with van der Waals surface area (Å²) in [7, 11) is 0. The topological polar surface area (TPSA) is 77.8 Å². The molecule has 0 N–H and O–H groups in total. The normalized spacial score (nSPS) is 11.8. The van der Waals surface area contributed by atoms with Crippen LogP contribution in [0.25, 0.3) is 177 Å². The van der Waals surface area contributed by atoms with Crippen molar-refractivity contribution in [1.82, 2.24) is 29.1 Å². The molecule has 0 amide bonds. The van der Waals surface area contributed by atoms with Crippen molar-refractivity contribution in [2.24, 2.45) is 0 Å². The van der Waals surface area contributed by atoms with Crippen molar-refractivity contribution in [3.63, 3.8) is 0 Å². The molecule has 0 fully saturated rings. The van der Waals surface area contributed by atoms with Gasteiger partial charge < -0.3 is 13.9 Å². The number of benzene rings is 14. The first kappa shape index (κ1) is 58.6. The van der Waals surface area contributed by atoms with Crippen LogP contribution in [0.4, 0.5) is 17.1 Å². The van der Waals surface area contributed by atoms with Crippen molar-refractivity contribution >= 4 is 115 Å². The third-order valence-corrected chi connectivity index (χ3v) is 20.4. The zero-order valence-electron chi connectivity index (χ0n) is 55.8. The summed E-state index contributed by atoms with van der Waals surface area (Å²) in [4.78, 5) is 23.0. The molecule has 20 aromatic rings. The van der Waals surface area contributed by atoms with Crippen molar-refractivity contribution in [3.8, 4) is 78.9 Å². The van der Waals surface area contributed by atoms with Crippen molar-refractivity contribution in [2.75, 3.05) is 4.90 Å². The number of anilines is 3. The van der Waals surface area contributed by atoms with Gasteiger partial charge in [-0.1, -0.05) is 188 Å². The molecular weight excluding hydrogens is 1240 g/mol. The van der Waals surface area contributed by atoms with Crippen LogP contribution in [-0.2, 0) is 0 Å². The number of para-hydroxylation sites is 1. The van der Waals surface area contributed by atoms with Crippen LogP contribution in [0.3, 0.4) is 0 Å². The number of furan rings is 1. The van der Waals surface area contributed by atoms with Gasteiger partial charge in [0.1, 0.15) is 17.0 Å². The smallest absolute Gasteiger partial charge is 0.162 e. The van der Waals surface area contributed by atoms with Gasteiger partial charge in [-0.25, -0.2) is 9.97 Å². The molecule has 8 nitrogen and oxygen atoms in total. The highest BCUT2D eigenvalue weighted by atomic mass is 16.3. The average Bonchev–Trinajstić information content (AvgIpc) is 1.54.